The Hall–Kier alpha value is -2.26. The Morgan fingerprint density at radius 3 is 3.12 bits per heavy atom. The predicted octanol–water partition coefficient (Wildman–Crippen LogP) is 1.76. The van der Waals surface area contributed by atoms with Gasteiger partial charge in [-0.3, -0.25) is 4.68 Å². The van der Waals surface area contributed by atoms with Crippen molar-refractivity contribution in [3.05, 3.63) is 31.0 Å². The first kappa shape index (κ1) is 16.2. The molecule has 1 aliphatic heterocycles. The summed E-state index contributed by atoms with van der Waals surface area (Å²) in [7, 11) is -0.499. The third kappa shape index (κ3) is 2.93. The number of alkyl halides is 1. The number of fused-ring (bicyclic) bond motifs is 1. The molecule has 0 saturated carbocycles. The molecule has 25 heavy (non-hydrogen) atoms. The van der Waals surface area contributed by atoms with E-state index in [9.17, 15) is 9.41 Å². The van der Waals surface area contributed by atoms with Crippen LogP contribution in [0, 0.1) is 5.92 Å². The van der Waals surface area contributed by atoms with Crippen molar-refractivity contribution in [2.24, 2.45) is 5.92 Å². The van der Waals surface area contributed by atoms with E-state index >= 15 is 0 Å². The van der Waals surface area contributed by atoms with Crippen molar-refractivity contribution >= 4 is 18.1 Å². The van der Waals surface area contributed by atoms with Crippen molar-refractivity contribution in [3.8, 4) is 11.3 Å². The van der Waals surface area contributed by atoms with E-state index < -0.39 is 13.7 Å². The van der Waals surface area contributed by atoms with Gasteiger partial charge in [0.25, 0.3) is 0 Å². The van der Waals surface area contributed by atoms with Gasteiger partial charge in [0.15, 0.2) is 0 Å². The molecule has 0 aromatic carbocycles. The Morgan fingerprint density at radius 1 is 1.48 bits per heavy atom. The van der Waals surface area contributed by atoms with Gasteiger partial charge in [0, 0.05) is 23.3 Å². The highest BCUT2D eigenvalue weighted by atomic mass is 19.1. The first-order chi connectivity index (χ1) is 12.2. The first-order valence-electron chi connectivity index (χ1n) is 8.48. The molecule has 0 bridgehead atoms. The molecule has 0 aliphatic carbocycles. The largest absolute Gasteiger partial charge is 0.437 e. The van der Waals surface area contributed by atoms with Crippen LogP contribution in [0.15, 0.2) is 31.0 Å². The van der Waals surface area contributed by atoms with Crippen LogP contribution in [0.25, 0.3) is 22.3 Å². The average Bonchev–Trinajstić information content (AvgIpc) is 3.35. The van der Waals surface area contributed by atoms with Gasteiger partial charge in [-0.15, -0.1) is 0 Å². The third-order valence-corrected chi connectivity index (χ3v) is 5.06. The standard InChI is InChI=1S/C16H20BFN6O/c1-17(25)23-5-3-11(8-23)14(6-18)24-9-12(7-22-24)15-13-2-4-19-16(13)21-10-20-15/h2,4,7,9-11,14,25H,3,5-6,8H2,1H3,(H,19,20,21)/t11-,14?/m0/s1. The molecule has 3 aromatic heterocycles. The Kier molecular flexibility index (Phi) is 4.26. The third-order valence-electron chi connectivity index (χ3n) is 5.06. The molecule has 0 spiro atoms. The van der Waals surface area contributed by atoms with Gasteiger partial charge in [0.1, 0.15) is 18.6 Å². The number of halogens is 1. The molecular weight excluding hydrogens is 322 g/mol. The van der Waals surface area contributed by atoms with Crippen LogP contribution in [0.1, 0.15) is 12.5 Å². The van der Waals surface area contributed by atoms with E-state index in [2.05, 4.69) is 20.1 Å². The van der Waals surface area contributed by atoms with Crippen LogP contribution >= 0.6 is 0 Å². The lowest BCUT2D eigenvalue weighted by molar-refractivity contribution is 0.247. The van der Waals surface area contributed by atoms with Gasteiger partial charge in [-0.2, -0.15) is 5.10 Å². The molecule has 0 amide bonds. The SMILES string of the molecule is CB(O)N1CC[C@H](C(CF)n2cc(-c3ncnc4[nH]ccc34)cn2)C1. The average molecular weight is 342 g/mol. The molecule has 1 aliphatic rings. The smallest absolute Gasteiger partial charge is 0.376 e. The minimum atomic E-state index is -0.499. The van der Waals surface area contributed by atoms with Crippen molar-refractivity contribution in [2.45, 2.75) is 19.3 Å². The minimum Gasteiger partial charge on any atom is -0.437 e. The maximum absolute atomic E-state index is 13.8. The normalized spacial score (nSPS) is 19.6. The number of hydrogen-bond donors (Lipinski definition) is 2. The zero-order valence-electron chi connectivity index (χ0n) is 14.0. The number of nitrogens with one attached hydrogen (secondary N) is 1. The summed E-state index contributed by atoms with van der Waals surface area (Å²) in [5, 5.41) is 15.0. The van der Waals surface area contributed by atoms with Gasteiger partial charge < -0.3 is 14.8 Å². The topological polar surface area (TPSA) is 82.9 Å². The van der Waals surface area contributed by atoms with Gasteiger partial charge in [-0.25, -0.2) is 14.4 Å². The van der Waals surface area contributed by atoms with Crippen LogP contribution in [0.4, 0.5) is 4.39 Å². The highest BCUT2D eigenvalue weighted by Gasteiger charge is 2.34. The number of hydrogen-bond acceptors (Lipinski definition) is 5. The van der Waals surface area contributed by atoms with Crippen LogP contribution in [-0.4, -0.2) is 61.4 Å². The zero-order chi connectivity index (χ0) is 17.4. The molecule has 2 atom stereocenters. The molecule has 130 valence electrons. The van der Waals surface area contributed by atoms with Crippen LogP contribution in [0.5, 0.6) is 0 Å². The van der Waals surface area contributed by atoms with Gasteiger partial charge in [0.2, 0.25) is 0 Å². The molecule has 9 heteroatoms. The van der Waals surface area contributed by atoms with Gasteiger partial charge >= 0.3 is 7.05 Å². The van der Waals surface area contributed by atoms with E-state index in [0.717, 1.165) is 35.3 Å². The second kappa shape index (κ2) is 6.57. The molecule has 2 N–H and O–H groups in total. The van der Waals surface area contributed by atoms with Gasteiger partial charge in [0.05, 0.1) is 17.9 Å². The molecule has 1 unspecified atom stereocenters. The van der Waals surface area contributed by atoms with E-state index in [1.54, 1.807) is 17.7 Å². The fourth-order valence-corrected chi connectivity index (χ4v) is 3.63. The monoisotopic (exact) mass is 342 g/mol. The van der Waals surface area contributed by atoms with Crippen LogP contribution in [-0.2, 0) is 0 Å². The summed E-state index contributed by atoms with van der Waals surface area (Å²) in [5.41, 5.74) is 2.39. The van der Waals surface area contributed by atoms with E-state index in [0.29, 0.717) is 6.54 Å². The summed E-state index contributed by atoms with van der Waals surface area (Å²) in [6, 6.07) is 1.59. The van der Waals surface area contributed by atoms with Gasteiger partial charge in [-0.05, 0) is 38.3 Å². The Morgan fingerprint density at radius 2 is 2.36 bits per heavy atom. The second-order valence-corrected chi connectivity index (χ2v) is 6.57. The van der Waals surface area contributed by atoms with Gasteiger partial charge in [-0.1, -0.05) is 0 Å². The number of aromatic nitrogens is 5. The molecule has 1 fully saturated rings. The molecule has 4 heterocycles. The summed E-state index contributed by atoms with van der Waals surface area (Å²) in [6.07, 6.45) is 7.75. The maximum atomic E-state index is 13.8. The Labute approximate surface area is 145 Å². The summed E-state index contributed by atoms with van der Waals surface area (Å²) >= 11 is 0. The molecule has 7 nitrogen and oxygen atoms in total. The molecule has 4 rings (SSSR count). The number of nitrogens with zero attached hydrogens (tertiary/aromatic N) is 5. The molecule has 0 radical (unpaired) electrons. The summed E-state index contributed by atoms with van der Waals surface area (Å²) in [5.74, 6) is 0.130. The Bertz CT molecular complexity index is 865. The fourth-order valence-electron chi connectivity index (χ4n) is 3.63. The summed E-state index contributed by atoms with van der Waals surface area (Å²) in [6.45, 7) is 2.72. The lowest BCUT2D eigenvalue weighted by Crippen LogP contribution is -2.36. The van der Waals surface area contributed by atoms with Crippen LogP contribution in [0.3, 0.4) is 0 Å². The zero-order valence-corrected chi connectivity index (χ0v) is 14.0. The summed E-state index contributed by atoms with van der Waals surface area (Å²) < 4.78 is 15.5. The molecular formula is C16H20BFN6O. The molecule has 3 aromatic rings. The fraction of sp³-hybridized carbons (Fsp3) is 0.438. The van der Waals surface area contributed by atoms with Crippen molar-refractivity contribution in [2.75, 3.05) is 19.8 Å². The van der Waals surface area contributed by atoms with Crippen molar-refractivity contribution in [1.29, 1.82) is 0 Å². The quantitative estimate of drug-likeness (QED) is 0.691. The highest BCUT2D eigenvalue weighted by molar-refractivity contribution is 6.45. The predicted molar refractivity (Wildman–Crippen MR) is 93.6 cm³/mol. The van der Waals surface area contributed by atoms with Crippen molar-refractivity contribution in [1.82, 2.24) is 29.5 Å². The van der Waals surface area contributed by atoms with E-state index in [4.69, 9.17) is 0 Å². The van der Waals surface area contributed by atoms with Crippen molar-refractivity contribution < 1.29 is 9.41 Å². The lowest BCUT2D eigenvalue weighted by Gasteiger charge is -2.22. The second-order valence-electron chi connectivity index (χ2n) is 6.57. The lowest BCUT2D eigenvalue weighted by atomic mass is 9.85. The first-order valence-corrected chi connectivity index (χ1v) is 8.48. The van der Waals surface area contributed by atoms with Crippen molar-refractivity contribution in [3.63, 3.8) is 0 Å². The van der Waals surface area contributed by atoms with E-state index in [-0.39, 0.29) is 12.0 Å². The number of aromatic amines is 1. The van der Waals surface area contributed by atoms with Crippen LogP contribution in [0.2, 0.25) is 6.82 Å². The minimum absolute atomic E-state index is 0.130. The Balaban J connectivity index is 1.61. The van der Waals surface area contributed by atoms with E-state index in [1.807, 2.05) is 23.3 Å². The highest BCUT2D eigenvalue weighted by Crippen LogP contribution is 2.31. The molecule has 1 saturated heterocycles. The number of rotatable bonds is 5. The number of H-pyrrole nitrogens is 1. The summed E-state index contributed by atoms with van der Waals surface area (Å²) in [4.78, 5) is 13.6. The maximum Gasteiger partial charge on any atom is 0.376 e. The van der Waals surface area contributed by atoms with E-state index in [1.165, 1.54) is 6.33 Å². The van der Waals surface area contributed by atoms with Crippen LogP contribution < -0.4 is 0 Å².